The van der Waals surface area contributed by atoms with Gasteiger partial charge in [-0.15, -0.1) is 0 Å². The summed E-state index contributed by atoms with van der Waals surface area (Å²) < 4.78 is 27.6. The van der Waals surface area contributed by atoms with Gasteiger partial charge in [-0.25, -0.2) is 8.78 Å². The Morgan fingerprint density at radius 1 is 1.10 bits per heavy atom. The van der Waals surface area contributed by atoms with Crippen LogP contribution in [-0.2, 0) is 12.8 Å². The largest absolute Gasteiger partial charge is 0.392 e. The average molecular weight is 362 g/mol. The minimum absolute atomic E-state index is 0.109. The highest BCUT2D eigenvalue weighted by Crippen LogP contribution is 2.24. The predicted octanol–water partition coefficient (Wildman–Crippen LogP) is 4.53. The minimum Gasteiger partial charge on any atom is -0.392 e. The van der Waals surface area contributed by atoms with E-state index in [-0.39, 0.29) is 22.9 Å². The molecule has 1 nitrogen and oxygen atoms in total. The van der Waals surface area contributed by atoms with Crippen LogP contribution in [0.1, 0.15) is 11.1 Å². The number of aliphatic hydroxyl groups is 1. The number of aliphatic hydroxyl groups excluding tert-OH is 1. The molecule has 0 heterocycles. The van der Waals surface area contributed by atoms with Gasteiger partial charge < -0.3 is 5.11 Å². The van der Waals surface area contributed by atoms with Crippen molar-refractivity contribution in [3.05, 3.63) is 68.7 Å². The summed E-state index contributed by atoms with van der Waals surface area (Å²) in [5.74, 6) is -1.34. The zero-order valence-electron chi connectivity index (χ0n) is 10.4. The molecular weight excluding hydrogens is 350 g/mol. The molecule has 1 unspecified atom stereocenters. The standard InChI is InChI=1S/C15H12BrClF2O/c16-12-5-6-14(18)11(15(12)19)8-10(20)7-9-3-1-2-4-13(9)17/h1-6,10,20H,7-8H2. The second-order valence-electron chi connectivity index (χ2n) is 4.48. The molecule has 0 fully saturated rings. The van der Waals surface area contributed by atoms with Gasteiger partial charge >= 0.3 is 0 Å². The summed E-state index contributed by atoms with van der Waals surface area (Å²) in [4.78, 5) is 0. The second-order valence-corrected chi connectivity index (χ2v) is 5.74. The number of rotatable bonds is 4. The van der Waals surface area contributed by atoms with Crippen LogP contribution in [0.3, 0.4) is 0 Å². The van der Waals surface area contributed by atoms with E-state index in [1.807, 2.05) is 0 Å². The van der Waals surface area contributed by atoms with E-state index in [1.54, 1.807) is 24.3 Å². The highest BCUT2D eigenvalue weighted by atomic mass is 79.9. The number of hydrogen-bond donors (Lipinski definition) is 1. The lowest BCUT2D eigenvalue weighted by Gasteiger charge is -2.13. The summed E-state index contributed by atoms with van der Waals surface area (Å²) in [6.45, 7) is 0. The van der Waals surface area contributed by atoms with Crippen molar-refractivity contribution in [3.8, 4) is 0 Å². The van der Waals surface area contributed by atoms with Crippen LogP contribution in [0.25, 0.3) is 0 Å². The molecule has 106 valence electrons. The Bertz CT molecular complexity index is 619. The van der Waals surface area contributed by atoms with E-state index >= 15 is 0 Å². The molecule has 0 aliphatic heterocycles. The Morgan fingerprint density at radius 2 is 1.80 bits per heavy atom. The zero-order valence-corrected chi connectivity index (χ0v) is 12.8. The molecule has 2 rings (SSSR count). The Balaban J connectivity index is 2.15. The van der Waals surface area contributed by atoms with Crippen LogP contribution in [0.4, 0.5) is 8.78 Å². The van der Waals surface area contributed by atoms with Crippen LogP contribution in [-0.4, -0.2) is 11.2 Å². The van der Waals surface area contributed by atoms with Crippen molar-refractivity contribution in [2.75, 3.05) is 0 Å². The summed E-state index contributed by atoms with van der Waals surface area (Å²) in [5.41, 5.74) is 0.622. The van der Waals surface area contributed by atoms with E-state index in [4.69, 9.17) is 11.6 Å². The fraction of sp³-hybridized carbons (Fsp3) is 0.200. The van der Waals surface area contributed by atoms with E-state index in [9.17, 15) is 13.9 Å². The van der Waals surface area contributed by atoms with Gasteiger partial charge in [0.1, 0.15) is 11.6 Å². The lowest BCUT2D eigenvalue weighted by atomic mass is 10.0. The van der Waals surface area contributed by atoms with Crippen molar-refractivity contribution < 1.29 is 13.9 Å². The molecule has 0 amide bonds. The molecule has 20 heavy (non-hydrogen) atoms. The summed E-state index contributed by atoms with van der Waals surface area (Å²) in [5, 5.41) is 10.5. The molecule has 1 atom stereocenters. The SMILES string of the molecule is OC(Cc1ccccc1Cl)Cc1c(F)ccc(Br)c1F. The Hall–Kier alpha value is -0.970. The van der Waals surface area contributed by atoms with Crippen molar-refractivity contribution in [1.82, 2.24) is 0 Å². The van der Waals surface area contributed by atoms with Gasteiger partial charge in [-0.05, 0) is 39.7 Å². The quantitative estimate of drug-likeness (QED) is 0.794. The number of halogens is 4. The maximum atomic E-state index is 13.8. The topological polar surface area (TPSA) is 20.2 Å². The molecule has 1 N–H and O–H groups in total. The van der Waals surface area contributed by atoms with E-state index in [2.05, 4.69) is 15.9 Å². The fourth-order valence-corrected chi connectivity index (χ4v) is 2.57. The molecule has 0 radical (unpaired) electrons. The number of benzene rings is 2. The number of hydrogen-bond acceptors (Lipinski definition) is 1. The first kappa shape index (κ1) is 15.4. The zero-order chi connectivity index (χ0) is 14.7. The summed E-state index contributed by atoms with van der Waals surface area (Å²) in [6.07, 6.45) is -0.777. The first-order valence-corrected chi connectivity index (χ1v) is 7.20. The molecule has 0 aliphatic carbocycles. The first-order chi connectivity index (χ1) is 9.49. The Morgan fingerprint density at radius 3 is 2.50 bits per heavy atom. The minimum atomic E-state index is -0.909. The first-order valence-electron chi connectivity index (χ1n) is 6.03. The van der Waals surface area contributed by atoms with Crippen LogP contribution >= 0.6 is 27.5 Å². The summed E-state index contributed by atoms with van der Waals surface area (Å²) in [6, 6.07) is 9.54. The maximum Gasteiger partial charge on any atom is 0.143 e. The van der Waals surface area contributed by atoms with Crippen LogP contribution in [0.2, 0.25) is 5.02 Å². The van der Waals surface area contributed by atoms with Gasteiger partial charge in [-0.2, -0.15) is 0 Å². The summed E-state index contributed by atoms with van der Waals surface area (Å²) >= 11 is 9.00. The van der Waals surface area contributed by atoms with Gasteiger partial charge in [0.25, 0.3) is 0 Å². The van der Waals surface area contributed by atoms with Crippen molar-refractivity contribution in [1.29, 1.82) is 0 Å². The van der Waals surface area contributed by atoms with Gasteiger partial charge in [-0.3, -0.25) is 0 Å². The molecule has 2 aromatic carbocycles. The Kier molecular flexibility index (Phi) is 5.13. The van der Waals surface area contributed by atoms with Crippen molar-refractivity contribution in [2.24, 2.45) is 0 Å². The van der Waals surface area contributed by atoms with Crippen LogP contribution in [0.5, 0.6) is 0 Å². The van der Waals surface area contributed by atoms with E-state index < -0.39 is 17.7 Å². The highest BCUT2D eigenvalue weighted by molar-refractivity contribution is 9.10. The summed E-state index contributed by atoms with van der Waals surface area (Å²) in [7, 11) is 0. The van der Waals surface area contributed by atoms with E-state index in [1.165, 1.54) is 12.1 Å². The van der Waals surface area contributed by atoms with Crippen LogP contribution in [0.15, 0.2) is 40.9 Å². The second kappa shape index (κ2) is 6.66. The normalized spacial score (nSPS) is 12.4. The van der Waals surface area contributed by atoms with Crippen molar-refractivity contribution >= 4 is 27.5 Å². The lowest BCUT2D eigenvalue weighted by Crippen LogP contribution is -2.16. The molecule has 0 aromatic heterocycles. The highest BCUT2D eigenvalue weighted by Gasteiger charge is 2.17. The third kappa shape index (κ3) is 3.57. The van der Waals surface area contributed by atoms with E-state index in [0.29, 0.717) is 5.02 Å². The molecule has 2 aromatic rings. The van der Waals surface area contributed by atoms with E-state index in [0.717, 1.165) is 5.56 Å². The van der Waals surface area contributed by atoms with Gasteiger partial charge in [0.15, 0.2) is 0 Å². The molecular formula is C15H12BrClF2O. The van der Waals surface area contributed by atoms with Gasteiger partial charge in [0.05, 0.1) is 10.6 Å². The third-order valence-electron chi connectivity index (χ3n) is 2.99. The van der Waals surface area contributed by atoms with Crippen LogP contribution < -0.4 is 0 Å². The molecule has 0 saturated carbocycles. The predicted molar refractivity (Wildman–Crippen MR) is 78.9 cm³/mol. The van der Waals surface area contributed by atoms with Crippen molar-refractivity contribution in [2.45, 2.75) is 18.9 Å². The monoisotopic (exact) mass is 360 g/mol. The van der Waals surface area contributed by atoms with Gasteiger partial charge in [0.2, 0.25) is 0 Å². The third-order valence-corrected chi connectivity index (χ3v) is 3.97. The molecule has 0 spiro atoms. The Labute approximate surface area is 129 Å². The van der Waals surface area contributed by atoms with Crippen molar-refractivity contribution in [3.63, 3.8) is 0 Å². The van der Waals surface area contributed by atoms with Crippen LogP contribution in [0, 0.1) is 11.6 Å². The fourth-order valence-electron chi connectivity index (χ4n) is 1.98. The lowest BCUT2D eigenvalue weighted by molar-refractivity contribution is 0.172. The molecule has 0 bridgehead atoms. The molecule has 0 aliphatic rings. The smallest absolute Gasteiger partial charge is 0.143 e. The van der Waals surface area contributed by atoms with Gasteiger partial charge in [-0.1, -0.05) is 29.8 Å². The van der Waals surface area contributed by atoms with Gasteiger partial charge in [0, 0.05) is 23.4 Å². The molecule has 0 saturated heterocycles. The average Bonchev–Trinajstić information content (AvgIpc) is 2.42. The molecule has 5 heteroatoms. The maximum absolute atomic E-state index is 13.8.